The van der Waals surface area contributed by atoms with Gasteiger partial charge in [0.05, 0.1) is 6.54 Å². The Morgan fingerprint density at radius 2 is 1.89 bits per heavy atom. The first-order valence-corrected chi connectivity index (χ1v) is 6.91. The van der Waals surface area contributed by atoms with Crippen LogP contribution < -0.4 is 5.32 Å². The van der Waals surface area contributed by atoms with Crippen LogP contribution in [0.3, 0.4) is 0 Å². The van der Waals surface area contributed by atoms with Crippen LogP contribution in [0, 0.1) is 5.92 Å². The van der Waals surface area contributed by atoms with Crippen LogP contribution in [-0.4, -0.2) is 42.8 Å². The van der Waals surface area contributed by atoms with E-state index in [4.69, 9.17) is 0 Å². The first-order valence-electron chi connectivity index (χ1n) is 6.91. The molecule has 0 spiro atoms. The van der Waals surface area contributed by atoms with E-state index in [1.165, 1.54) is 0 Å². The first-order chi connectivity index (χ1) is 8.37. The van der Waals surface area contributed by atoms with Crippen LogP contribution in [0.4, 0.5) is 13.2 Å². The molecule has 0 saturated heterocycles. The Bertz CT molecular complexity index is 239. The Balaban J connectivity index is 2.56. The van der Waals surface area contributed by atoms with Gasteiger partial charge in [-0.25, -0.2) is 0 Å². The van der Waals surface area contributed by atoms with Gasteiger partial charge in [-0.1, -0.05) is 27.2 Å². The first kappa shape index (κ1) is 15.8. The minimum absolute atomic E-state index is 0.150. The average molecular weight is 266 g/mol. The van der Waals surface area contributed by atoms with Crippen molar-refractivity contribution in [2.24, 2.45) is 5.92 Å². The molecule has 1 rings (SSSR count). The van der Waals surface area contributed by atoms with Gasteiger partial charge >= 0.3 is 6.18 Å². The SMILES string of the molecule is CCNC(CN(CC(F)(F)F)C1CC1)C(C)CC. The molecule has 0 aromatic rings. The third kappa shape index (κ3) is 5.57. The Morgan fingerprint density at radius 1 is 1.28 bits per heavy atom. The van der Waals surface area contributed by atoms with Crippen LogP contribution in [0.15, 0.2) is 0 Å². The van der Waals surface area contributed by atoms with E-state index in [1.807, 2.05) is 6.92 Å². The second kappa shape index (κ2) is 6.75. The Labute approximate surface area is 108 Å². The second-order valence-corrected chi connectivity index (χ2v) is 5.33. The Kier molecular flexibility index (Phi) is 5.92. The number of halogens is 3. The lowest BCUT2D eigenvalue weighted by atomic mass is 9.98. The van der Waals surface area contributed by atoms with E-state index in [0.29, 0.717) is 12.5 Å². The minimum Gasteiger partial charge on any atom is -0.313 e. The van der Waals surface area contributed by atoms with E-state index in [9.17, 15) is 13.2 Å². The summed E-state index contributed by atoms with van der Waals surface area (Å²) in [4.78, 5) is 1.61. The van der Waals surface area contributed by atoms with Crippen LogP contribution in [-0.2, 0) is 0 Å². The molecule has 1 aliphatic carbocycles. The van der Waals surface area contributed by atoms with Crippen LogP contribution in [0.25, 0.3) is 0 Å². The summed E-state index contributed by atoms with van der Waals surface area (Å²) in [6, 6.07) is 0.305. The van der Waals surface area contributed by atoms with E-state index >= 15 is 0 Å². The minimum atomic E-state index is -4.09. The van der Waals surface area contributed by atoms with Gasteiger partial charge in [-0.2, -0.15) is 13.2 Å². The normalized spacial score (nSPS) is 20.2. The highest BCUT2D eigenvalue weighted by atomic mass is 19.4. The zero-order chi connectivity index (χ0) is 13.8. The topological polar surface area (TPSA) is 15.3 Å². The molecule has 1 fully saturated rings. The highest BCUT2D eigenvalue weighted by Crippen LogP contribution is 2.30. The number of likely N-dealkylation sites (N-methyl/N-ethyl adjacent to an activating group) is 1. The van der Waals surface area contributed by atoms with Crippen molar-refractivity contribution < 1.29 is 13.2 Å². The van der Waals surface area contributed by atoms with E-state index in [-0.39, 0.29) is 12.1 Å². The van der Waals surface area contributed by atoms with Crippen LogP contribution >= 0.6 is 0 Å². The van der Waals surface area contributed by atoms with E-state index in [0.717, 1.165) is 25.8 Å². The van der Waals surface area contributed by atoms with E-state index in [1.54, 1.807) is 4.90 Å². The lowest BCUT2D eigenvalue weighted by Crippen LogP contribution is -2.48. The van der Waals surface area contributed by atoms with Crippen molar-refractivity contribution in [2.45, 2.75) is 58.3 Å². The Hall–Kier alpha value is -0.290. The molecule has 0 aliphatic heterocycles. The van der Waals surface area contributed by atoms with Crippen LogP contribution in [0.1, 0.15) is 40.0 Å². The number of hydrogen-bond acceptors (Lipinski definition) is 2. The Morgan fingerprint density at radius 3 is 2.28 bits per heavy atom. The van der Waals surface area contributed by atoms with Gasteiger partial charge in [0, 0.05) is 18.6 Å². The van der Waals surface area contributed by atoms with Crippen molar-refractivity contribution in [2.75, 3.05) is 19.6 Å². The standard InChI is InChI=1S/C13H25F3N2/c1-4-10(3)12(17-5-2)8-18(11-6-7-11)9-13(14,15)16/h10-12,17H,4-9H2,1-3H3. The summed E-state index contributed by atoms with van der Waals surface area (Å²) in [5, 5.41) is 3.32. The maximum absolute atomic E-state index is 12.6. The number of hydrogen-bond donors (Lipinski definition) is 1. The summed E-state index contributed by atoms with van der Waals surface area (Å²) in [7, 11) is 0. The smallest absolute Gasteiger partial charge is 0.313 e. The molecule has 0 radical (unpaired) electrons. The largest absolute Gasteiger partial charge is 0.401 e. The third-order valence-electron chi connectivity index (χ3n) is 3.67. The monoisotopic (exact) mass is 266 g/mol. The van der Waals surface area contributed by atoms with Crippen molar-refractivity contribution in [1.29, 1.82) is 0 Å². The van der Waals surface area contributed by atoms with Crippen molar-refractivity contribution in [3.05, 3.63) is 0 Å². The highest BCUT2D eigenvalue weighted by Gasteiger charge is 2.39. The fourth-order valence-electron chi connectivity index (χ4n) is 2.26. The summed E-state index contributed by atoms with van der Waals surface area (Å²) in [5.74, 6) is 0.402. The second-order valence-electron chi connectivity index (χ2n) is 5.33. The molecule has 1 N–H and O–H groups in total. The summed E-state index contributed by atoms with van der Waals surface area (Å²) >= 11 is 0. The molecule has 0 amide bonds. The van der Waals surface area contributed by atoms with Gasteiger partial charge in [-0.15, -0.1) is 0 Å². The van der Waals surface area contributed by atoms with Gasteiger partial charge in [0.25, 0.3) is 0 Å². The summed E-state index contributed by atoms with van der Waals surface area (Å²) in [6.07, 6.45) is -1.28. The van der Waals surface area contributed by atoms with Crippen LogP contribution in [0.5, 0.6) is 0 Å². The molecule has 1 saturated carbocycles. The predicted octanol–water partition coefficient (Wildman–Crippen LogP) is 3.04. The van der Waals surface area contributed by atoms with Crippen LogP contribution in [0.2, 0.25) is 0 Å². The zero-order valence-electron chi connectivity index (χ0n) is 11.6. The molecule has 2 unspecified atom stereocenters. The van der Waals surface area contributed by atoms with E-state index < -0.39 is 12.7 Å². The molecule has 5 heteroatoms. The number of rotatable bonds is 8. The number of alkyl halides is 3. The molecule has 1 aliphatic rings. The molecular weight excluding hydrogens is 241 g/mol. The molecule has 0 heterocycles. The zero-order valence-corrected chi connectivity index (χ0v) is 11.6. The molecule has 0 bridgehead atoms. The lowest BCUT2D eigenvalue weighted by molar-refractivity contribution is -0.148. The van der Waals surface area contributed by atoms with Crippen molar-refractivity contribution >= 4 is 0 Å². The highest BCUT2D eigenvalue weighted by molar-refractivity contribution is 4.89. The van der Waals surface area contributed by atoms with Gasteiger partial charge in [0.2, 0.25) is 0 Å². The lowest BCUT2D eigenvalue weighted by Gasteiger charge is -2.31. The van der Waals surface area contributed by atoms with Gasteiger partial charge in [0.15, 0.2) is 0 Å². The molecule has 2 nitrogen and oxygen atoms in total. The molecule has 108 valence electrons. The molecule has 0 aromatic carbocycles. The van der Waals surface area contributed by atoms with Gasteiger partial charge in [-0.3, -0.25) is 4.90 Å². The molecule has 18 heavy (non-hydrogen) atoms. The van der Waals surface area contributed by atoms with Crippen molar-refractivity contribution in [3.8, 4) is 0 Å². The third-order valence-corrected chi connectivity index (χ3v) is 3.67. The predicted molar refractivity (Wildman–Crippen MR) is 67.6 cm³/mol. The quantitative estimate of drug-likeness (QED) is 0.726. The summed E-state index contributed by atoms with van der Waals surface area (Å²) in [5.41, 5.74) is 0. The molecule has 0 aromatic heterocycles. The van der Waals surface area contributed by atoms with E-state index in [2.05, 4.69) is 19.2 Å². The number of nitrogens with zero attached hydrogens (tertiary/aromatic N) is 1. The number of nitrogens with one attached hydrogen (secondary N) is 1. The summed E-state index contributed by atoms with van der Waals surface area (Å²) in [6.45, 7) is 6.73. The maximum atomic E-state index is 12.6. The summed E-state index contributed by atoms with van der Waals surface area (Å²) < 4.78 is 37.7. The fourth-order valence-corrected chi connectivity index (χ4v) is 2.26. The van der Waals surface area contributed by atoms with Crippen molar-refractivity contribution in [1.82, 2.24) is 10.2 Å². The van der Waals surface area contributed by atoms with Crippen molar-refractivity contribution in [3.63, 3.8) is 0 Å². The average Bonchev–Trinajstić information content (AvgIpc) is 3.08. The van der Waals surface area contributed by atoms with Gasteiger partial charge < -0.3 is 5.32 Å². The van der Waals surface area contributed by atoms with Gasteiger partial charge in [-0.05, 0) is 25.3 Å². The molecule has 2 atom stereocenters. The molecular formula is C13H25F3N2. The maximum Gasteiger partial charge on any atom is 0.401 e. The van der Waals surface area contributed by atoms with Gasteiger partial charge in [0.1, 0.15) is 0 Å². The fraction of sp³-hybridized carbons (Fsp3) is 1.00.